The van der Waals surface area contributed by atoms with E-state index in [0.717, 1.165) is 4.70 Å². The van der Waals surface area contributed by atoms with Gasteiger partial charge in [-0.25, -0.2) is 18.1 Å². The van der Waals surface area contributed by atoms with Gasteiger partial charge in [-0.15, -0.1) is 16.4 Å². The van der Waals surface area contributed by atoms with Crippen LogP contribution in [0.2, 0.25) is 0 Å². The minimum Gasteiger partial charge on any atom is -0.326 e. The van der Waals surface area contributed by atoms with E-state index in [1.165, 1.54) is 23.7 Å². The summed E-state index contributed by atoms with van der Waals surface area (Å²) in [6.07, 6.45) is 2.73. The lowest BCUT2D eigenvalue weighted by atomic mass is 10.2. The second-order valence-corrected chi connectivity index (χ2v) is 6.88. The standard InChI is InChI=1S/C12H11N5O2S2/c13-7-10-11(8-3-1-2-4-9(8)20-10)21(18,19)17-12-14-5-6-15-16-12/h1-6H,7,13H2,(H,14,16,17). The van der Waals surface area contributed by atoms with Gasteiger partial charge in [-0.1, -0.05) is 18.2 Å². The summed E-state index contributed by atoms with van der Waals surface area (Å²) in [7, 11) is -3.82. The summed E-state index contributed by atoms with van der Waals surface area (Å²) in [4.78, 5) is 4.59. The van der Waals surface area contributed by atoms with Gasteiger partial charge in [-0.3, -0.25) is 0 Å². The summed E-state index contributed by atoms with van der Waals surface area (Å²) >= 11 is 1.36. The summed E-state index contributed by atoms with van der Waals surface area (Å²) in [6.45, 7) is 0.142. The number of nitrogens with one attached hydrogen (secondary N) is 1. The molecule has 0 saturated heterocycles. The van der Waals surface area contributed by atoms with Crippen LogP contribution in [0.3, 0.4) is 0 Å². The van der Waals surface area contributed by atoms with Crippen molar-refractivity contribution in [3.63, 3.8) is 0 Å². The molecule has 1 aromatic carbocycles. The first kappa shape index (κ1) is 13.9. The minimum atomic E-state index is -3.82. The zero-order chi connectivity index (χ0) is 14.9. The van der Waals surface area contributed by atoms with E-state index in [0.29, 0.717) is 10.3 Å². The fraction of sp³-hybridized carbons (Fsp3) is 0.0833. The van der Waals surface area contributed by atoms with Crippen molar-refractivity contribution in [2.24, 2.45) is 5.73 Å². The average Bonchev–Trinajstić information content (AvgIpc) is 2.87. The monoisotopic (exact) mass is 321 g/mol. The molecule has 7 nitrogen and oxygen atoms in total. The maximum atomic E-state index is 12.6. The molecule has 0 bridgehead atoms. The van der Waals surface area contributed by atoms with E-state index >= 15 is 0 Å². The van der Waals surface area contributed by atoms with Gasteiger partial charge in [0.25, 0.3) is 16.0 Å². The highest BCUT2D eigenvalue weighted by atomic mass is 32.2. The number of aromatic nitrogens is 3. The summed E-state index contributed by atoms with van der Waals surface area (Å²) in [5.74, 6) is -0.0734. The van der Waals surface area contributed by atoms with Crippen molar-refractivity contribution in [3.8, 4) is 0 Å². The Morgan fingerprint density at radius 1 is 1.24 bits per heavy atom. The molecule has 3 N–H and O–H groups in total. The summed E-state index contributed by atoms with van der Waals surface area (Å²) in [5.41, 5.74) is 5.68. The molecule has 0 unspecified atom stereocenters. The van der Waals surface area contributed by atoms with Gasteiger partial charge >= 0.3 is 0 Å². The van der Waals surface area contributed by atoms with Crippen molar-refractivity contribution in [2.45, 2.75) is 11.4 Å². The average molecular weight is 321 g/mol. The Morgan fingerprint density at radius 3 is 2.76 bits per heavy atom. The van der Waals surface area contributed by atoms with Gasteiger partial charge in [-0.05, 0) is 6.07 Å². The topological polar surface area (TPSA) is 111 Å². The predicted octanol–water partition coefficient (Wildman–Crippen LogP) is 1.35. The second-order valence-electron chi connectivity index (χ2n) is 4.13. The first-order valence-electron chi connectivity index (χ1n) is 5.99. The lowest BCUT2D eigenvalue weighted by Gasteiger charge is -2.06. The molecule has 0 radical (unpaired) electrons. The van der Waals surface area contributed by atoms with Gasteiger partial charge in [0.1, 0.15) is 4.90 Å². The first-order chi connectivity index (χ1) is 10.1. The number of fused-ring (bicyclic) bond motifs is 1. The highest BCUT2D eigenvalue weighted by molar-refractivity contribution is 7.93. The molecule has 108 valence electrons. The van der Waals surface area contributed by atoms with E-state index in [4.69, 9.17) is 5.73 Å². The van der Waals surface area contributed by atoms with E-state index in [1.54, 1.807) is 12.1 Å². The van der Waals surface area contributed by atoms with Crippen molar-refractivity contribution in [2.75, 3.05) is 4.72 Å². The summed E-state index contributed by atoms with van der Waals surface area (Å²) in [6, 6.07) is 7.25. The Balaban J connectivity index is 2.14. The van der Waals surface area contributed by atoms with Crippen molar-refractivity contribution in [3.05, 3.63) is 41.5 Å². The number of sulfonamides is 1. The van der Waals surface area contributed by atoms with Gasteiger partial charge in [0.05, 0.1) is 12.4 Å². The van der Waals surface area contributed by atoms with E-state index in [1.807, 2.05) is 12.1 Å². The lowest BCUT2D eigenvalue weighted by molar-refractivity contribution is 0.601. The summed E-state index contributed by atoms with van der Waals surface area (Å²) in [5, 5.41) is 7.86. The normalized spacial score (nSPS) is 11.7. The third-order valence-corrected chi connectivity index (χ3v) is 5.56. The van der Waals surface area contributed by atoms with Crippen LogP contribution in [0.1, 0.15) is 4.88 Å². The maximum absolute atomic E-state index is 12.6. The van der Waals surface area contributed by atoms with Gasteiger partial charge in [-0.2, -0.15) is 5.10 Å². The van der Waals surface area contributed by atoms with Crippen LogP contribution < -0.4 is 10.5 Å². The fourth-order valence-electron chi connectivity index (χ4n) is 1.97. The Bertz CT molecular complexity index is 877. The molecule has 9 heteroatoms. The molecule has 0 atom stereocenters. The van der Waals surface area contributed by atoms with E-state index < -0.39 is 10.0 Å². The molecule has 0 aliphatic rings. The molecule has 2 aromatic heterocycles. The zero-order valence-electron chi connectivity index (χ0n) is 10.7. The zero-order valence-corrected chi connectivity index (χ0v) is 12.4. The molecule has 0 spiro atoms. The second kappa shape index (κ2) is 5.35. The summed E-state index contributed by atoms with van der Waals surface area (Å²) < 4.78 is 28.4. The van der Waals surface area contributed by atoms with E-state index in [-0.39, 0.29) is 17.4 Å². The van der Waals surface area contributed by atoms with E-state index in [9.17, 15) is 8.42 Å². The van der Waals surface area contributed by atoms with Crippen molar-refractivity contribution in [1.82, 2.24) is 15.2 Å². The third kappa shape index (κ3) is 2.58. The van der Waals surface area contributed by atoms with Gasteiger partial charge in [0.15, 0.2) is 0 Å². The van der Waals surface area contributed by atoms with Crippen molar-refractivity contribution >= 4 is 37.4 Å². The van der Waals surface area contributed by atoms with E-state index in [2.05, 4.69) is 19.9 Å². The fourth-order valence-corrected chi connectivity index (χ4v) is 4.75. The Kier molecular flexibility index (Phi) is 3.53. The number of thiophene rings is 1. The number of benzene rings is 1. The highest BCUT2D eigenvalue weighted by Gasteiger charge is 2.24. The van der Waals surface area contributed by atoms with Crippen LogP contribution in [0.25, 0.3) is 10.1 Å². The molecular weight excluding hydrogens is 310 g/mol. The largest absolute Gasteiger partial charge is 0.326 e. The smallest absolute Gasteiger partial charge is 0.266 e. The minimum absolute atomic E-state index is 0.0734. The lowest BCUT2D eigenvalue weighted by Crippen LogP contribution is -2.17. The highest BCUT2D eigenvalue weighted by Crippen LogP contribution is 2.34. The number of hydrogen-bond acceptors (Lipinski definition) is 7. The van der Waals surface area contributed by atoms with Crippen LogP contribution in [-0.4, -0.2) is 23.6 Å². The third-order valence-electron chi connectivity index (χ3n) is 2.78. The molecular formula is C12H11N5O2S2. The van der Waals surface area contributed by atoms with Gasteiger partial charge in [0.2, 0.25) is 0 Å². The molecule has 0 aliphatic heterocycles. The van der Waals surface area contributed by atoms with Gasteiger partial charge in [0, 0.05) is 21.5 Å². The van der Waals surface area contributed by atoms with Crippen molar-refractivity contribution in [1.29, 1.82) is 0 Å². The van der Waals surface area contributed by atoms with Crippen LogP contribution in [0.4, 0.5) is 5.95 Å². The van der Waals surface area contributed by atoms with Crippen LogP contribution in [0.5, 0.6) is 0 Å². The SMILES string of the molecule is NCc1sc2ccccc2c1S(=O)(=O)Nc1nccnn1. The number of rotatable bonds is 4. The molecule has 3 rings (SSSR count). The number of nitrogens with zero attached hydrogens (tertiary/aromatic N) is 3. The Morgan fingerprint density at radius 2 is 2.05 bits per heavy atom. The molecule has 21 heavy (non-hydrogen) atoms. The molecule has 0 amide bonds. The Hall–Kier alpha value is -2.10. The Labute approximate surface area is 124 Å². The first-order valence-corrected chi connectivity index (χ1v) is 8.29. The molecule has 0 saturated carbocycles. The molecule has 0 aliphatic carbocycles. The van der Waals surface area contributed by atoms with Crippen LogP contribution in [0.15, 0.2) is 41.6 Å². The van der Waals surface area contributed by atoms with Crippen LogP contribution in [-0.2, 0) is 16.6 Å². The number of nitrogens with two attached hydrogens (primary N) is 1. The van der Waals surface area contributed by atoms with Crippen molar-refractivity contribution < 1.29 is 8.42 Å². The van der Waals surface area contributed by atoms with Crippen LogP contribution >= 0.6 is 11.3 Å². The molecule has 2 heterocycles. The van der Waals surface area contributed by atoms with Gasteiger partial charge < -0.3 is 5.73 Å². The molecule has 3 aromatic rings. The number of hydrogen-bond donors (Lipinski definition) is 2. The predicted molar refractivity (Wildman–Crippen MR) is 80.4 cm³/mol. The number of anilines is 1. The maximum Gasteiger partial charge on any atom is 0.266 e. The molecule has 0 fully saturated rings. The quantitative estimate of drug-likeness (QED) is 0.750. The van der Waals surface area contributed by atoms with Crippen LogP contribution in [0, 0.1) is 0 Å².